The van der Waals surface area contributed by atoms with Crippen LogP contribution in [0.25, 0.3) is 0 Å². The lowest BCUT2D eigenvalue weighted by Gasteiger charge is -2.40. The second kappa shape index (κ2) is 7.81. The van der Waals surface area contributed by atoms with Crippen molar-refractivity contribution in [1.29, 1.82) is 0 Å². The smallest absolute Gasteiger partial charge is 0.328 e. The van der Waals surface area contributed by atoms with Crippen molar-refractivity contribution in [2.45, 2.75) is 26.1 Å². The molecular formula is C20H24ClN5O4. The minimum atomic E-state index is -0.630. The van der Waals surface area contributed by atoms with Crippen LogP contribution in [-0.4, -0.2) is 78.7 Å². The van der Waals surface area contributed by atoms with Gasteiger partial charge in [-0.3, -0.25) is 14.6 Å². The van der Waals surface area contributed by atoms with Crippen molar-refractivity contribution in [1.82, 2.24) is 14.7 Å². The molecule has 10 heteroatoms. The molecule has 0 saturated carbocycles. The van der Waals surface area contributed by atoms with Crippen LogP contribution in [0.5, 0.6) is 5.75 Å². The number of nitrogens with zero attached hydrogens (tertiary/aromatic N) is 5. The Balaban J connectivity index is 1.69. The van der Waals surface area contributed by atoms with Crippen LogP contribution in [0.15, 0.2) is 35.1 Å². The molecule has 1 fully saturated rings. The highest BCUT2D eigenvalue weighted by molar-refractivity contribution is 6.31. The molecule has 1 aromatic rings. The highest BCUT2D eigenvalue weighted by Gasteiger charge is 2.54. The summed E-state index contributed by atoms with van der Waals surface area (Å²) in [6.45, 7) is 4.82. The number of fused-ring (bicyclic) bond motifs is 3. The summed E-state index contributed by atoms with van der Waals surface area (Å²) in [6, 6.07) is 4.32. The third kappa shape index (κ3) is 3.09. The molecule has 0 radical (unpaired) electrons. The molecule has 3 heterocycles. The molecule has 0 aliphatic carbocycles. The Kier molecular flexibility index (Phi) is 5.33. The number of amides is 3. The van der Waals surface area contributed by atoms with Crippen molar-refractivity contribution < 1.29 is 19.1 Å². The van der Waals surface area contributed by atoms with Gasteiger partial charge >= 0.3 is 6.03 Å². The summed E-state index contributed by atoms with van der Waals surface area (Å²) >= 11 is 6.23. The summed E-state index contributed by atoms with van der Waals surface area (Å²) < 4.78 is 10.8. The average molecular weight is 434 g/mol. The Hall–Kier alpha value is -2.78. The quantitative estimate of drug-likeness (QED) is 0.641. The number of aliphatic imine (C=N–C) groups is 1. The summed E-state index contributed by atoms with van der Waals surface area (Å²) in [7, 11) is 3.25. The zero-order valence-electron chi connectivity index (χ0n) is 17.3. The third-order valence-corrected chi connectivity index (χ3v) is 5.67. The minimum Gasteiger partial charge on any atom is -0.495 e. The zero-order chi connectivity index (χ0) is 21.6. The van der Waals surface area contributed by atoms with Gasteiger partial charge in [-0.15, -0.1) is 0 Å². The number of hydrogen-bond donors (Lipinski definition) is 0. The fourth-order valence-electron chi connectivity index (χ4n) is 4.00. The molecule has 4 rings (SSSR count). The first-order valence-electron chi connectivity index (χ1n) is 9.73. The van der Waals surface area contributed by atoms with Gasteiger partial charge in [0.2, 0.25) is 5.96 Å². The molecule has 0 N–H and O–H groups in total. The van der Waals surface area contributed by atoms with Crippen LogP contribution < -0.4 is 9.64 Å². The number of hydrogen-bond acceptors (Lipinski definition) is 7. The number of rotatable bonds is 6. The summed E-state index contributed by atoms with van der Waals surface area (Å²) in [5, 5.41) is 0.554. The molecule has 2 atom stereocenters. The predicted octanol–water partition coefficient (Wildman–Crippen LogP) is 2.33. The third-order valence-electron chi connectivity index (χ3n) is 5.43. The second-order valence-electron chi connectivity index (χ2n) is 7.20. The Morgan fingerprint density at radius 3 is 2.73 bits per heavy atom. The van der Waals surface area contributed by atoms with E-state index in [1.165, 1.54) is 9.80 Å². The van der Waals surface area contributed by atoms with Gasteiger partial charge in [-0.25, -0.2) is 9.79 Å². The lowest BCUT2D eigenvalue weighted by molar-refractivity contribution is -0.137. The normalized spacial score (nSPS) is 23.0. The number of anilines is 1. The first-order chi connectivity index (χ1) is 14.4. The average Bonchev–Trinajstić information content (AvgIpc) is 3.23. The van der Waals surface area contributed by atoms with Crippen LogP contribution >= 0.6 is 11.6 Å². The number of imide groups is 1. The molecule has 30 heavy (non-hydrogen) atoms. The Bertz CT molecular complexity index is 949. The van der Waals surface area contributed by atoms with Crippen molar-refractivity contribution in [3.05, 3.63) is 35.1 Å². The van der Waals surface area contributed by atoms with E-state index in [0.717, 1.165) is 5.70 Å². The van der Waals surface area contributed by atoms with Crippen molar-refractivity contribution in [2.75, 3.05) is 38.8 Å². The maximum absolute atomic E-state index is 13.2. The number of urea groups is 1. The Morgan fingerprint density at radius 2 is 2.03 bits per heavy atom. The van der Waals surface area contributed by atoms with Gasteiger partial charge in [0.05, 0.1) is 25.9 Å². The predicted molar refractivity (Wildman–Crippen MR) is 112 cm³/mol. The van der Waals surface area contributed by atoms with Gasteiger partial charge in [0.1, 0.15) is 5.75 Å². The van der Waals surface area contributed by atoms with E-state index >= 15 is 0 Å². The van der Waals surface area contributed by atoms with Crippen LogP contribution in [0.3, 0.4) is 0 Å². The number of benzene rings is 1. The first kappa shape index (κ1) is 20.5. The van der Waals surface area contributed by atoms with Crippen LogP contribution in [0, 0.1) is 0 Å². The first-order valence-corrected chi connectivity index (χ1v) is 10.1. The summed E-state index contributed by atoms with van der Waals surface area (Å²) in [4.78, 5) is 37.2. The summed E-state index contributed by atoms with van der Waals surface area (Å²) in [5.41, 5.74) is 1.58. The van der Waals surface area contributed by atoms with E-state index in [-0.39, 0.29) is 18.5 Å². The molecule has 0 bridgehead atoms. The van der Waals surface area contributed by atoms with E-state index in [2.05, 4.69) is 0 Å². The topological polar surface area (TPSA) is 77.9 Å². The zero-order valence-corrected chi connectivity index (χ0v) is 18.1. The standard InChI is InChI=1S/C20H24ClN5O4/c1-5-30-9-8-24-18(27)16-17(23(3)20(24)28)22-19-25(16)11-12(2)26(19)14-10-13(21)6-7-15(14)29-4/h6-7,10-11,16-17H,5,8-9H2,1-4H3. The second-order valence-corrected chi connectivity index (χ2v) is 7.63. The molecule has 2 unspecified atom stereocenters. The molecule has 9 nitrogen and oxygen atoms in total. The van der Waals surface area contributed by atoms with Crippen LogP contribution in [0.2, 0.25) is 5.02 Å². The van der Waals surface area contributed by atoms with Crippen molar-refractivity contribution in [3.63, 3.8) is 0 Å². The molecule has 3 aliphatic rings. The van der Waals surface area contributed by atoms with Crippen LogP contribution in [0.1, 0.15) is 13.8 Å². The monoisotopic (exact) mass is 433 g/mol. The van der Waals surface area contributed by atoms with E-state index in [4.69, 9.17) is 26.1 Å². The SMILES string of the molecule is CCOCCN1C(=O)C2C(N=C3N(c4cc(Cl)ccc4OC)C(C)=CN32)N(C)C1=O. The summed E-state index contributed by atoms with van der Waals surface area (Å²) in [6.07, 6.45) is 1.26. The number of carbonyl (C=O) groups is 2. The molecule has 3 aliphatic heterocycles. The number of carbonyl (C=O) groups excluding carboxylic acids is 2. The van der Waals surface area contributed by atoms with Crippen molar-refractivity contribution in [3.8, 4) is 5.75 Å². The van der Waals surface area contributed by atoms with Crippen LogP contribution in [0.4, 0.5) is 10.5 Å². The van der Waals surface area contributed by atoms with E-state index in [1.54, 1.807) is 32.4 Å². The number of ether oxygens (including phenoxy) is 2. The van der Waals surface area contributed by atoms with Gasteiger partial charge in [-0.05, 0) is 32.0 Å². The van der Waals surface area contributed by atoms with Gasteiger partial charge in [-0.1, -0.05) is 11.6 Å². The number of likely N-dealkylation sites (N-methyl/N-ethyl adjacent to an activating group) is 1. The largest absolute Gasteiger partial charge is 0.495 e. The Morgan fingerprint density at radius 1 is 1.27 bits per heavy atom. The van der Waals surface area contributed by atoms with E-state index in [1.807, 2.05) is 29.8 Å². The lowest BCUT2D eigenvalue weighted by Crippen LogP contribution is -2.64. The molecule has 0 aromatic heterocycles. The van der Waals surface area contributed by atoms with Crippen molar-refractivity contribution >= 4 is 35.2 Å². The van der Waals surface area contributed by atoms with E-state index < -0.39 is 12.2 Å². The summed E-state index contributed by atoms with van der Waals surface area (Å²) in [5.74, 6) is 0.897. The molecular weight excluding hydrogens is 410 g/mol. The maximum Gasteiger partial charge on any atom is 0.328 e. The van der Waals surface area contributed by atoms with E-state index in [0.29, 0.717) is 35.6 Å². The fourth-order valence-corrected chi connectivity index (χ4v) is 4.16. The van der Waals surface area contributed by atoms with E-state index in [9.17, 15) is 9.59 Å². The number of halogens is 1. The molecule has 3 amide bonds. The van der Waals surface area contributed by atoms with Gasteiger partial charge in [0, 0.05) is 30.6 Å². The van der Waals surface area contributed by atoms with Gasteiger partial charge in [0.25, 0.3) is 5.91 Å². The molecule has 0 spiro atoms. The van der Waals surface area contributed by atoms with Gasteiger partial charge in [-0.2, -0.15) is 0 Å². The Labute approximate surface area is 180 Å². The minimum absolute atomic E-state index is 0.205. The van der Waals surface area contributed by atoms with Gasteiger partial charge < -0.3 is 19.3 Å². The highest BCUT2D eigenvalue weighted by atomic mass is 35.5. The number of allylic oxidation sites excluding steroid dienone is 1. The maximum atomic E-state index is 13.2. The van der Waals surface area contributed by atoms with Gasteiger partial charge in [0.15, 0.2) is 12.2 Å². The number of methoxy groups -OCH3 is 1. The van der Waals surface area contributed by atoms with Crippen molar-refractivity contribution in [2.24, 2.45) is 4.99 Å². The molecule has 1 aromatic carbocycles. The van der Waals surface area contributed by atoms with Crippen LogP contribution in [-0.2, 0) is 9.53 Å². The molecule has 1 saturated heterocycles. The lowest BCUT2D eigenvalue weighted by atomic mass is 10.1. The highest BCUT2D eigenvalue weighted by Crippen LogP contribution is 2.40. The fraction of sp³-hybridized carbons (Fsp3) is 0.450. The number of guanidine groups is 1. The molecule has 160 valence electrons.